The molecule has 0 bridgehead atoms. The van der Waals surface area contributed by atoms with Gasteiger partial charge < -0.3 is 5.32 Å². The van der Waals surface area contributed by atoms with E-state index >= 15 is 0 Å². The Morgan fingerprint density at radius 1 is 0.914 bits per heavy atom. The van der Waals surface area contributed by atoms with Crippen molar-refractivity contribution < 1.29 is 18.0 Å². The van der Waals surface area contributed by atoms with E-state index < -0.39 is 11.7 Å². The molecule has 4 rings (SSSR count). The standard InChI is InChI=1S/C24H24F3N7O/c1-13-9-14(2)29-23(28-13)33-17(5)20(16(4)32-33)12-22(35)30-21-10-15(3)31-34(21)19-8-6-7-18(11-19)24(25,26)27/h6-11H,12H2,1-5H3,(H,30,35). The summed E-state index contributed by atoms with van der Waals surface area (Å²) in [5, 5.41) is 11.5. The fourth-order valence-corrected chi connectivity index (χ4v) is 3.87. The molecule has 0 unspecified atom stereocenters. The van der Waals surface area contributed by atoms with Crippen molar-refractivity contribution in [3.8, 4) is 11.6 Å². The molecule has 3 heterocycles. The van der Waals surface area contributed by atoms with Gasteiger partial charge in [-0.1, -0.05) is 6.07 Å². The Balaban J connectivity index is 1.60. The van der Waals surface area contributed by atoms with Crippen molar-refractivity contribution in [3.05, 3.63) is 76.0 Å². The number of hydrogen-bond donors (Lipinski definition) is 1. The number of benzene rings is 1. The highest BCUT2D eigenvalue weighted by Crippen LogP contribution is 2.31. The van der Waals surface area contributed by atoms with Gasteiger partial charge in [0.15, 0.2) is 0 Å². The van der Waals surface area contributed by atoms with Crippen molar-refractivity contribution in [1.29, 1.82) is 0 Å². The Morgan fingerprint density at radius 3 is 2.26 bits per heavy atom. The van der Waals surface area contributed by atoms with E-state index in [1.165, 1.54) is 16.8 Å². The number of aromatic nitrogens is 6. The maximum absolute atomic E-state index is 13.2. The van der Waals surface area contributed by atoms with E-state index in [0.29, 0.717) is 22.9 Å². The van der Waals surface area contributed by atoms with Crippen LogP contribution in [0.25, 0.3) is 11.6 Å². The van der Waals surface area contributed by atoms with E-state index in [1.54, 1.807) is 24.6 Å². The molecule has 0 aliphatic rings. The fraction of sp³-hybridized carbons (Fsp3) is 0.292. The Bertz CT molecular complexity index is 1400. The van der Waals surface area contributed by atoms with Gasteiger partial charge in [-0.2, -0.15) is 23.4 Å². The van der Waals surface area contributed by atoms with Crippen molar-refractivity contribution in [2.24, 2.45) is 0 Å². The second kappa shape index (κ2) is 8.97. The van der Waals surface area contributed by atoms with Gasteiger partial charge >= 0.3 is 6.18 Å². The lowest BCUT2D eigenvalue weighted by Crippen LogP contribution is -2.18. The minimum Gasteiger partial charge on any atom is -0.310 e. The summed E-state index contributed by atoms with van der Waals surface area (Å²) in [6.07, 6.45) is -4.48. The molecule has 8 nitrogen and oxygen atoms in total. The fourth-order valence-electron chi connectivity index (χ4n) is 3.87. The average Bonchev–Trinajstić information content (AvgIpc) is 3.26. The van der Waals surface area contributed by atoms with Gasteiger partial charge in [-0.15, -0.1) is 0 Å². The third-order valence-electron chi connectivity index (χ3n) is 5.46. The molecule has 0 aliphatic carbocycles. The maximum Gasteiger partial charge on any atom is 0.416 e. The minimum absolute atomic E-state index is 0.00921. The number of anilines is 1. The minimum atomic E-state index is -4.49. The van der Waals surface area contributed by atoms with Crippen LogP contribution in [0.1, 0.15) is 39.6 Å². The molecule has 1 N–H and O–H groups in total. The summed E-state index contributed by atoms with van der Waals surface area (Å²) in [6, 6.07) is 8.24. The number of aryl methyl sites for hydroxylation is 4. The zero-order valence-electron chi connectivity index (χ0n) is 19.9. The summed E-state index contributed by atoms with van der Waals surface area (Å²) >= 11 is 0. The number of carbonyl (C=O) groups excluding carboxylic acids is 1. The summed E-state index contributed by atoms with van der Waals surface area (Å²) < 4.78 is 42.4. The van der Waals surface area contributed by atoms with E-state index in [1.807, 2.05) is 26.8 Å². The first-order valence-corrected chi connectivity index (χ1v) is 10.8. The number of rotatable bonds is 5. The van der Waals surface area contributed by atoms with Crippen LogP contribution in [0.2, 0.25) is 0 Å². The van der Waals surface area contributed by atoms with E-state index in [9.17, 15) is 18.0 Å². The second-order valence-electron chi connectivity index (χ2n) is 8.37. The molecule has 4 aromatic rings. The lowest BCUT2D eigenvalue weighted by atomic mass is 10.1. The van der Waals surface area contributed by atoms with Crippen molar-refractivity contribution in [3.63, 3.8) is 0 Å². The zero-order chi connectivity index (χ0) is 25.5. The first-order chi connectivity index (χ1) is 16.4. The predicted octanol–water partition coefficient (Wildman–Crippen LogP) is 4.59. The summed E-state index contributed by atoms with van der Waals surface area (Å²) in [4.78, 5) is 21.8. The second-order valence-corrected chi connectivity index (χ2v) is 8.37. The van der Waals surface area contributed by atoms with Gasteiger partial charge in [-0.3, -0.25) is 4.79 Å². The molecule has 0 atom stereocenters. The summed E-state index contributed by atoms with van der Waals surface area (Å²) in [6.45, 7) is 9.07. The van der Waals surface area contributed by atoms with Gasteiger partial charge in [0.1, 0.15) is 5.82 Å². The molecular formula is C24H24F3N7O. The van der Waals surface area contributed by atoms with Gasteiger partial charge in [0.25, 0.3) is 5.95 Å². The Kier molecular flexibility index (Phi) is 6.18. The van der Waals surface area contributed by atoms with Crippen LogP contribution in [0.5, 0.6) is 0 Å². The molecule has 0 radical (unpaired) electrons. The topological polar surface area (TPSA) is 90.5 Å². The van der Waals surface area contributed by atoms with Crippen molar-refractivity contribution in [2.45, 2.75) is 47.2 Å². The third kappa shape index (κ3) is 5.08. The number of nitrogens with zero attached hydrogens (tertiary/aromatic N) is 6. The molecule has 3 aromatic heterocycles. The number of amides is 1. The van der Waals surface area contributed by atoms with Crippen molar-refractivity contribution >= 4 is 11.7 Å². The van der Waals surface area contributed by atoms with Crippen LogP contribution < -0.4 is 5.32 Å². The van der Waals surface area contributed by atoms with E-state index in [2.05, 4.69) is 25.5 Å². The smallest absolute Gasteiger partial charge is 0.310 e. The van der Waals surface area contributed by atoms with Gasteiger partial charge in [0.05, 0.1) is 29.1 Å². The molecule has 0 spiro atoms. The van der Waals surface area contributed by atoms with Crippen LogP contribution in [-0.4, -0.2) is 35.4 Å². The average molecular weight is 483 g/mol. The van der Waals surface area contributed by atoms with E-state index in [0.717, 1.165) is 29.2 Å². The highest BCUT2D eigenvalue weighted by Gasteiger charge is 2.31. The molecule has 0 saturated heterocycles. The Hall–Kier alpha value is -4.02. The lowest BCUT2D eigenvalue weighted by Gasteiger charge is -2.12. The summed E-state index contributed by atoms with van der Waals surface area (Å²) in [7, 11) is 0. The molecule has 1 amide bonds. The first kappa shape index (κ1) is 24.1. The molecule has 182 valence electrons. The number of alkyl halides is 3. The normalized spacial score (nSPS) is 11.7. The van der Waals surface area contributed by atoms with Crippen LogP contribution in [0.3, 0.4) is 0 Å². The highest BCUT2D eigenvalue weighted by molar-refractivity contribution is 5.92. The summed E-state index contributed by atoms with van der Waals surface area (Å²) in [5.41, 5.74) is 3.64. The van der Waals surface area contributed by atoms with Crippen molar-refractivity contribution in [1.82, 2.24) is 29.5 Å². The van der Waals surface area contributed by atoms with E-state index in [4.69, 9.17) is 0 Å². The SMILES string of the molecule is Cc1cc(C)nc(-n2nc(C)c(CC(=O)Nc3cc(C)nn3-c3cccc(C(F)(F)F)c3)c2C)n1. The van der Waals surface area contributed by atoms with Gasteiger partial charge in [0, 0.05) is 28.7 Å². The molecule has 1 aromatic carbocycles. The predicted molar refractivity (Wildman–Crippen MR) is 124 cm³/mol. The molecule has 0 fully saturated rings. The number of nitrogens with one attached hydrogen (secondary N) is 1. The quantitative estimate of drug-likeness (QED) is 0.448. The van der Waals surface area contributed by atoms with Gasteiger partial charge in [-0.25, -0.2) is 19.3 Å². The van der Waals surface area contributed by atoms with Gasteiger partial charge in [-0.05, 0) is 58.9 Å². The molecule has 11 heteroatoms. The molecule has 0 aliphatic heterocycles. The molecule has 35 heavy (non-hydrogen) atoms. The number of carbonyl (C=O) groups is 1. The third-order valence-corrected chi connectivity index (χ3v) is 5.46. The maximum atomic E-state index is 13.2. The largest absolute Gasteiger partial charge is 0.416 e. The summed E-state index contributed by atoms with van der Waals surface area (Å²) in [5.74, 6) is 0.338. The van der Waals surface area contributed by atoms with Crippen molar-refractivity contribution in [2.75, 3.05) is 5.32 Å². The first-order valence-electron chi connectivity index (χ1n) is 10.8. The lowest BCUT2D eigenvalue weighted by molar-refractivity contribution is -0.137. The number of halogens is 3. The number of hydrogen-bond acceptors (Lipinski definition) is 5. The Morgan fingerprint density at radius 2 is 1.60 bits per heavy atom. The van der Waals surface area contributed by atoms with Crippen LogP contribution in [0, 0.1) is 34.6 Å². The van der Waals surface area contributed by atoms with Gasteiger partial charge in [0.2, 0.25) is 5.91 Å². The highest BCUT2D eigenvalue weighted by atomic mass is 19.4. The molecular weight excluding hydrogens is 459 g/mol. The van der Waals surface area contributed by atoms with Crippen LogP contribution >= 0.6 is 0 Å². The monoisotopic (exact) mass is 483 g/mol. The molecule has 0 saturated carbocycles. The van der Waals surface area contributed by atoms with Crippen LogP contribution in [-0.2, 0) is 17.4 Å². The van der Waals surface area contributed by atoms with E-state index in [-0.39, 0.29) is 23.8 Å². The van der Waals surface area contributed by atoms with Crippen LogP contribution in [0.4, 0.5) is 19.0 Å². The zero-order valence-corrected chi connectivity index (χ0v) is 19.9. The Labute approximate surface area is 199 Å². The van der Waals surface area contributed by atoms with Crippen LogP contribution in [0.15, 0.2) is 36.4 Å².